The largest absolute Gasteiger partial charge is 0.330 e. The van der Waals surface area contributed by atoms with Crippen molar-refractivity contribution in [3.63, 3.8) is 0 Å². The lowest BCUT2D eigenvalue weighted by molar-refractivity contribution is 0.106. The van der Waals surface area contributed by atoms with Gasteiger partial charge in [-0.25, -0.2) is 0 Å². The molecular weight excluding hydrogens is 196 g/mol. The lowest BCUT2D eigenvalue weighted by Gasteiger charge is -2.40. The number of rotatable bonds is 5. The van der Waals surface area contributed by atoms with E-state index in [1.54, 1.807) is 0 Å². The van der Waals surface area contributed by atoms with Gasteiger partial charge in [0.15, 0.2) is 0 Å². The van der Waals surface area contributed by atoms with E-state index < -0.39 is 0 Å². The number of nitrogens with zero attached hydrogens (tertiary/aromatic N) is 1. The summed E-state index contributed by atoms with van der Waals surface area (Å²) < 4.78 is 0. The van der Waals surface area contributed by atoms with E-state index in [9.17, 15) is 0 Å². The molecule has 2 N–H and O–H groups in total. The molecule has 1 aliphatic carbocycles. The fourth-order valence-electron chi connectivity index (χ4n) is 2.49. The SMILES string of the molecule is CN(C1CCC1)C(CCN)c1ccccc1. The summed E-state index contributed by atoms with van der Waals surface area (Å²) >= 11 is 0. The van der Waals surface area contributed by atoms with E-state index >= 15 is 0 Å². The van der Waals surface area contributed by atoms with Crippen LogP contribution in [-0.4, -0.2) is 24.5 Å². The summed E-state index contributed by atoms with van der Waals surface area (Å²) in [5, 5.41) is 0. The first-order valence-corrected chi connectivity index (χ1v) is 6.30. The van der Waals surface area contributed by atoms with Crippen molar-refractivity contribution in [3.05, 3.63) is 35.9 Å². The zero-order chi connectivity index (χ0) is 11.4. The van der Waals surface area contributed by atoms with Gasteiger partial charge in [0.25, 0.3) is 0 Å². The van der Waals surface area contributed by atoms with Crippen LogP contribution in [0.15, 0.2) is 30.3 Å². The van der Waals surface area contributed by atoms with Crippen molar-refractivity contribution in [2.45, 2.75) is 37.8 Å². The highest BCUT2D eigenvalue weighted by atomic mass is 15.2. The molecule has 16 heavy (non-hydrogen) atoms. The third kappa shape index (κ3) is 2.45. The van der Waals surface area contributed by atoms with E-state index in [0.717, 1.165) is 19.0 Å². The Balaban J connectivity index is 2.09. The molecule has 0 amide bonds. The lowest BCUT2D eigenvalue weighted by Crippen LogP contribution is -2.40. The molecule has 0 aliphatic heterocycles. The van der Waals surface area contributed by atoms with Crippen LogP contribution in [0.25, 0.3) is 0 Å². The van der Waals surface area contributed by atoms with Crippen LogP contribution in [0.1, 0.15) is 37.3 Å². The zero-order valence-corrected chi connectivity index (χ0v) is 10.1. The second-order valence-corrected chi connectivity index (χ2v) is 4.75. The van der Waals surface area contributed by atoms with Crippen molar-refractivity contribution in [2.24, 2.45) is 5.73 Å². The van der Waals surface area contributed by atoms with E-state index in [4.69, 9.17) is 5.73 Å². The summed E-state index contributed by atoms with van der Waals surface area (Å²) in [4.78, 5) is 2.52. The van der Waals surface area contributed by atoms with Crippen LogP contribution in [0.4, 0.5) is 0 Å². The quantitative estimate of drug-likeness (QED) is 0.823. The van der Waals surface area contributed by atoms with Gasteiger partial charge in [0.05, 0.1) is 0 Å². The van der Waals surface area contributed by atoms with Gasteiger partial charge in [0, 0.05) is 12.1 Å². The first kappa shape index (κ1) is 11.6. The minimum absolute atomic E-state index is 0.497. The predicted molar refractivity (Wildman–Crippen MR) is 68.3 cm³/mol. The van der Waals surface area contributed by atoms with Crippen LogP contribution >= 0.6 is 0 Å². The molecule has 2 heteroatoms. The maximum atomic E-state index is 5.74. The molecule has 0 bridgehead atoms. The summed E-state index contributed by atoms with van der Waals surface area (Å²) in [7, 11) is 2.25. The molecule has 2 rings (SSSR count). The third-order valence-electron chi connectivity index (χ3n) is 3.77. The summed E-state index contributed by atoms with van der Waals surface area (Å²) in [5.74, 6) is 0. The molecule has 1 atom stereocenters. The van der Waals surface area contributed by atoms with Crippen molar-refractivity contribution >= 4 is 0 Å². The molecule has 1 aromatic carbocycles. The highest BCUT2D eigenvalue weighted by Gasteiger charge is 2.27. The van der Waals surface area contributed by atoms with E-state index in [2.05, 4.69) is 42.3 Å². The van der Waals surface area contributed by atoms with Crippen molar-refractivity contribution in [1.82, 2.24) is 4.90 Å². The topological polar surface area (TPSA) is 29.3 Å². The summed E-state index contributed by atoms with van der Waals surface area (Å²) in [5.41, 5.74) is 7.14. The standard InChI is InChI=1S/C14H22N2/c1-16(13-8-5-9-13)14(10-11-15)12-6-3-2-4-7-12/h2-4,6-7,13-14H,5,8-11,15H2,1H3. The number of benzene rings is 1. The van der Waals surface area contributed by atoms with Gasteiger partial charge >= 0.3 is 0 Å². The van der Waals surface area contributed by atoms with Gasteiger partial charge in [-0.15, -0.1) is 0 Å². The molecule has 0 aromatic heterocycles. The monoisotopic (exact) mass is 218 g/mol. The summed E-state index contributed by atoms with van der Waals surface area (Å²) in [6.07, 6.45) is 5.14. The lowest BCUT2D eigenvalue weighted by atomic mass is 9.89. The van der Waals surface area contributed by atoms with Crippen molar-refractivity contribution < 1.29 is 0 Å². The maximum absolute atomic E-state index is 5.74. The van der Waals surface area contributed by atoms with Gasteiger partial charge in [0.1, 0.15) is 0 Å². The Bertz CT molecular complexity index is 306. The normalized spacial score (nSPS) is 18.4. The zero-order valence-electron chi connectivity index (χ0n) is 10.1. The second kappa shape index (κ2) is 5.46. The van der Waals surface area contributed by atoms with Crippen LogP contribution < -0.4 is 5.73 Å². The Labute approximate surface area is 98.4 Å². The molecule has 0 spiro atoms. The average Bonchev–Trinajstić information content (AvgIpc) is 2.24. The Morgan fingerprint density at radius 3 is 2.50 bits per heavy atom. The molecule has 1 aromatic rings. The molecule has 1 unspecified atom stereocenters. The minimum Gasteiger partial charge on any atom is -0.330 e. The Hall–Kier alpha value is -0.860. The van der Waals surface area contributed by atoms with Crippen molar-refractivity contribution in [2.75, 3.05) is 13.6 Å². The van der Waals surface area contributed by atoms with Gasteiger partial charge in [-0.2, -0.15) is 0 Å². The average molecular weight is 218 g/mol. The molecule has 1 saturated carbocycles. The fraction of sp³-hybridized carbons (Fsp3) is 0.571. The van der Waals surface area contributed by atoms with Gasteiger partial charge in [-0.05, 0) is 38.4 Å². The molecule has 1 aliphatic rings. The highest BCUT2D eigenvalue weighted by Crippen LogP contribution is 2.32. The summed E-state index contributed by atoms with van der Waals surface area (Å²) in [6, 6.07) is 12.0. The molecule has 88 valence electrons. The minimum atomic E-state index is 0.497. The fourth-order valence-corrected chi connectivity index (χ4v) is 2.49. The third-order valence-corrected chi connectivity index (χ3v) is 3.77. The van der Waals surface area contributed by atoms with E-state index in [0.29, 0.717) is 6.04 Å². The molecule has 0 radical (unpaired) electrons. The molecule has 0 heterocycles. The van der Waals surface area contributed by atoms with Gasteiger partial charge in [-0.1, -0.05) is 36.8 Å². The van der Waals surface area contributed by atoms with Crippen LogP contribution in [-0.2, 0) is 0 Å². The van der Waals surface area contributed by atoms with Crippen molar-refractivity contribution in [3.8, 4) is 0 Å². The number of nitrogens with two attached hydrogens (primary N) is 1. The highest BCUT2D eigenvalue weighted by molar-refractivity contribution is 5.19. The summed E-state index contributed by atoms with van der Waals surface area (Å²) in [6.45, 7) is 0.761. The van der Waals surface area contributed by atoms with Crippen LogP contribution in [0.3, 0.4) is 0 Å². The molecule has 0 saturated heterocycles. The molecule has 2 nitrogen and oxygen atoms in total. The predicted octanol–water partition coefficient (Wildman–Crippen LogP) is 2.56. The first-order valence-electron chi connectivity index (χ1n) is 6.30. The van der Waals surface area contributed by atoms with Gasteiger partial charge < -0.3 is 5.73 Å². The van der Waals surface area contributed by atoms with E-state index in [-0.39, 0.29) is 0 Å². The second-order valence-electron chi connectivity index (χ2n) is 4.75. The van der Waals surface area contributed by atoms with E-state index in [1.165, 1.54) is 24.8 Å². The van der Waals surface area contributed by atoms with Crippen LogP contribution in [0.2, 0.25) is 0 Å². The van der Waals surface area contributed by atoms with Gasteiger partial charge in [-0.3, -0.25) is 4.90 Å². The molecule has 1 fully saturated rings. The van der Waals surface area contributed by atoms with Crippen LogP contribution in [0.5, 0.6) is 0 Å². The number of hydrogen-bond acceptors (Lipinski definition) is 2. The Morgan fingerprint density at radius 1 is 1.31 bits per heavy atom. The van der Waals surface area contributed by atoms with Crippen molar-refractivity contribution in [1.29, 1.82) is 0 Å². The van der Waals surface area contributed by atoms with E-state index in [1.807, 2.05) is 0 Å². The Morgan fingerprint density at radius 2 is 2.00 bits per heavy atom. The Kier molecular flexibility index (Phi) is 3.97. The maximum Gasteiger partial charge on any atom is 0.0360 e. The number of hydrogen-bond donors (Lipinski definition) is 1. The van der Waals surface area contributed by atoms with Crippen LogP contribution in [0, 0.1) is 0 Å². The molecular formula is C14H22N2. The smallest absolute Gasteiger partial charge is 0.0360 e. The van der Waals surface area contributed by atoms with Gasteiger partial charge in [0.2, 0.25) is 0 Å². The first-order chi connectivity index (χ1) is 7.83.